The Kier molecular flexibility index (Phi) is 40.4. The number of thioether (sulfide) groups is 2. The van der Waals surface area contributed by atoms with Crippen molar-refractivity contribution >= 4 is 70.9 Å². The largest absolute Gasteiger partial charge is 0.490 e. The molecule has 0 aliphatic carbocycles. The van der Waals surface area contributed by atoms with Gasteiger partial charge in [0.1, 0.15) is 36.8 Å². The number of hydrogen-bond acceptors (Lipinski definition) is 27. The molecule has 0 aromatic heterocycles. The molecule has 7 rings (SSSR count). The minimum atomic E-state index is -2.54. The minimum Gasteiger partial charge on any atom is -0.490 e. The Balaban J connectivity index is 0.862. The van der Waals surface area contributed by atoms with E-state index in [1.54, 1.807) is 48.5 Å². The van der Waals surface area contributed by atoms with Crippen LogP contribution in [0.1, 0.15) is 81.0 Å². The average molecular weight is 1650 g/mol. The molecule has 2 heterocycles. The quantitative estimate of drug-likeness (QED) is 0.0115. The number of carboxylic acid groups (broad SMARTS) is 2. The van der Waals surface area contributed by atoms with Crippen LogP contribution in [0.3, 0.4) is 0 Å². The van der Waals surface area contributed by atoms with Crippen LogP contribution in [-0.4, -0.2) is 302 Å². The van der Waals surface area contributed by atoms with Crippen molar-refractivity contribution in [1.82, 2.24) is 31.9 Å². The lowest BCUT2D eigenvalue weighted by Crippen LogP contribution is -2.68. The Morgan fingerprint density at radius 2 is 0.861 bits per heavy atom. The first-order chi connectivity index (χ1) is 55.5. The first-order valence-corrected chi connectivity index (χ1v) is 39.8. The summed E-state index contributed by atoms with van der Waals surface area (Å²) >= 11 is 2.76. The Labute approximate surface area is 673 Å². The second kappa shape index (κ2) is 49.9. The Morgan fingerprint density at radius 3 is 1.26 bits per heavy atom. The molecule has 12 atom stereocenters. The van der Waals surface area contributed by atoms with Gasteiger partial charge in [0.15, 0.2) is 0 Å². The van der Waals surface area contributed by atoms with Gasteiger partial charge >= 0.3 is 11.9 Å². The summed E-state index contributed by atoms with van der Waals surface area (Å²) in [4.78, 5) is 107. The molecule has 35 nitrogen and oxygen atoms in total. The lowest BCUT2D eigenvalue weighted by atomic mass is 9.88. The third-order valence-corrected chi connectivity index (χ3v) is 20.1. The van der Waals surface area contributed by atoms with Crippen molar-refractivity contribution in [2.45, 2.75) is 112 Å². The van der Waals surface area contributed by atoms with E-state index in [1.165, 1.54) is 41.7 Å². The maximum absolute atomic E-state index is 13.8. The summed E-state index contributed by atoms with van der Waals surface area (Å²) in [5.41, 5.74) is 12.6. The topological polar surface area (TPSA) is 512 Å². The summed E-state index contributed by atoms with van der Waals surface area (Å²) in [6.07, 6.45) is -15.2. The molecule has 2 fully saturated rings. The first-order valence-electron chi connectivity index (χ1n) is 37.4. The second-order valence-corrected chi connectivity index (χ2v) is 28.9. The maximum atomic E-state index is 13.8. The molecule has 2 saturated heterocycles. The molecule has 5 aromatic carbocycles. The van der Waals surface area contributed by atoms with Crippen LogP contribution in [0.25, 0.3) is 32.7 Å². The van der Waals surface area contributed by atoms with E-state index in [-0.39, 0.29) is 107 Å². The number of carbonyl (C=O) groups is 8. The van der Waals surface area contributed by atoms with Crippen LogP contribution in [0.15, 0.2) is 133 Å². The molecule has 2 aliphatic rings. The standard InChI is InChI=1S/C78H103N9O26S2/c1-50(88)85-65-60(90)46-77(75(100)101,112-69(65)67(94)62(92)48-82-71(96)56-19-15-54(16-20-56)52-11-5-3-6-12-52)110-28-9-41-114-43-26-80-73(98)58-23-24-59(64(45-58)109-40-39-108-38-37-107-36-35-106-34-33-105-32-31-104-30-25-84-87-79)74(99)81-27-44-115-42-10-29-111-78(76(102)103)47-61(91)66(86-51(2)89)70(113-78)68(95)63(93)49-83-72(97)57-21-17-55(18-22-57)53-13-7-4-8-14-53/h3-8,11-24,45,60-63,65-70,90-95H,9-10,25-44,46-49H2,1-2H3,(H,80,98)(H,81,99)(H,82,96)(H,83,97)(H,85,88)(H,86,89)(H,100,101)(H,102,103)/t60-,61-,62+,63+,65+,66+,67?,68?,69+,70+,77+,78+/m0/s1. The Hall–Kier alpha value is -8.93. The highest BCUT2D eigenvalue weighted by atomic mass is 32.2. The van der Waals surface area contributed by atoms with E-state index in [4.69, 9.17) is 52.9 Å². The van der Waals surface area contributed by atoms with E-state index in [0.717, 1.165) is 36.1 Å². The van der Waals surface area contributed by atoms with Gasteiger partial charge < -0.3 is 120 Å². The second-order valence-electron chi connectivity index (χ2n) is 26.4. The van der Waals surface area contributed by atoms with E-state index in [9.17, 15) is 79.2 Å². The summed E-state index contributed by atoms with van der Waals surface area (Å²) in [5.74, 6) is -10.4. The van der Waals surface area contributed by atoms with Gasteiger partial charge in [-0.1, -0.05) is 90.0 Å². The molecular formula is C78H103N9O26S2. The van der Waals surface area contributed by atoms with Gasteiger partial charge in [-0.05, 0) is 94.6 Å². The number of aliphatic hydroxyl groups is 6. The molecule has 2 unspecified atom stereocenters. The van der Waals surface area contributed by atoms with Gasteiger partial charge in [0.25, 0.3) is 35.2 Å². The molecule has 115 heavy (non-hydrogen) atoms. The predicted octanol–water partition coefficient (Wildman–Crippen LogP) is 2.71. The number of carboxylic acids is 2. The summed E-state index contributed by atoms with van der Waals surface area (Å²) < 4.78 is 56.9. The van der Waals surface area contributed by atoms with Gasteiger partial charge in [0.05, 0.1) is 121 Å². The van der Waals surface area contributed by atoms with Crippen LogP contribution in [-0.2, 0) is 61.8 Å². The minimum absolute atomic E-state index is 0.0408. The Bertz CT molecular complexity index is 3900. The van der Waals surface area contributed by atoms with Crippen molar-refractivity contribution in [2.75, 3.05) is 142 Å². The van der Waals surface area contributed by atoms with Gasteiger partial charge in [0.2, 0.25) is 11.8 Å². The molecule has 5 aromatic rings. The van der Waals surface area contributed by atoms with E-state index in [1.807, 2.05) is 60.7 Å². The van der Waals surface area contributed by atoms with Crippen molar-refractivity contribution in [3.63, 3.8) is 0 Å². The number of aliphatic carboxylic acids is 2. The molecule has 6 amide bonds. The molecule has 0 saturated carbocycles. The third kappa shape index (κ3) is 30.6. The van der Waals surface area contributed by atoms with Crippen LogP contribution in [0.4, 0.5) is 0 Å². The van der Waals surface area contributed by atoms with Crippen LogP contribution in [0.2, 0.25) is 0 Å². The van der Waals surface area contributed by atoms with Gasteiger partial charge in [-0.3, -0.25) is 28.8 Å². The molecule has 0 bridgehead atoms. The van der Waals surface area contributed by atoms with Crippen molar-refractivity contribution in [3.8, 4) is 28.0 Å². The zero-order valence-corrected chi connectivity index (χ0v) is 65.5. The lowest BCUT2D eigenvalue weighted by Gasteiger charge is -2.46. The number of aliphatic hydroxyl groups excluding tert-OH is 6. The summed E-state index contributed by atoms with van der Waals surface area (Å²) in [6, 6.07) is 33.8. The number of rotatable bonds is 53. The highest BCUT2D eigenvalue weighted by Crippen LogP contribution is 2.36. The third-order valence-electron chi connectivity index (χ3n) is 17.9. The van der Waals surface area contributed by atoms with Crippen LogP contribution in [0, 0.1) is 0 Å². The molecule has 628 valence electrons. The number of carbonyl (C=O) groups excluding carboxylic acids is 6. The molecule has 14 N–H and O–H groups in total. The summed E-state index contributed by atoms with van der Waals surface area (Å²) in [7, 11) is 0. The fourth-order valence-corrected chi connectivity index (χ4v) is 13.6. The van der Waals surface area contributed by atoms with E-state index >= 15 is 0 Å². The van der Waals surface area contributed by atoms with Crippen LogP contribution >= 0.6 is 23.5 Å². The monoisotopic (exact) mass is 1650 g/mol. The molecule has 0 radical (unpaired) electrons. The van der Waals surface area contributed by atoms with Crippen LogP contribution in [0.5, 0.6) is 5.75 Å². The molecular weight excluding hydrogens is 1540 g/mol. The summed E-state index contributed by atoms with van der Waals surface area (Å²) in [5, 5.41) is 108. The normalized spacial score (nSPS) is 20.2. The fraction of sp³-hybridized carbons (Fsp3) is 0.513. The first kappa shape index (κ1) is 93.2. The molecule has 0 spiro atoms. The number of ether oxygens (including phenoxy) is 10. The lowest BCUT2D eigenvalue weighted by molar-refractivity contribution is -0.310. The van der Waals surface area contributed by atoms with Crippen molar-refractivity contribution in [3.05, 3.63) is 160 Å². The smallest absolute Gasteiger partial charge is 0.364 e. The van der Waals surface area contributed by atoms with Crippen molar-refractivity contribution < 1.29 is 127 Å². The van der Waals surface area contributed by atoms with Crippen molar-refractivity contribution in [2.24, 2.45) is 5.11 Å². The fourth-order valence-electron chi connectivity index (χ4n) is 12.1. The number of benzene rings is 5. The summed E-state index contributed by atoms with van der Waals surface area (Å²) in [6.45, 7) is 4.03. The van der Waals surface area contributed by atoms with Gasteiger partial charge in [-0.2, -0.15) is 23.5 Å². The van der Waals surface area contributed by atoms with Gasteiger partial charge in [0, 0.05) is 92.5 Å². The van der Waals surface area contributed by atoms with Gasteiger partial charge in [-0.15, -0.1) is 0 Å². The predicted molar refractivity (Wildman–Crippen MR) is 420 cm³/mol. The van der Waals surface area contributed by atoms with Crippen LogP contribution < -0.4 is 36.6 Å². The number of nitrogens with one attached hydrogen (secondary N) is 6. The Morgan fingerprint density at radius 1 is 0.487 bits per heavy atom. The number of amides is 6. The zero-order chi connectivity index (χ0) is 83.0. The van der Waals surface area contributed by atoms with Gasteiger partial charge in [-0.25, -0.2) is 9.59 Å². The number of azide groups is 1. The average Bonchev–Trinajstić information content (AvgIpc) is 0.772. The molecule has 37 heteroatoms. The van der Waals surface area contributed by atoms with E-state index < -0.39 is 146 Å². The molecule has 2 aliphatic heterocycles. The number of hydrogen-bond donors (Lipinski definition) is 14. The highest BCUT2D eigenvalue weighted by molar-refractivity contribution is 7.99. The zero-order valence-electron chi connectivity index (χ0n) is 63.9. The SMILES string of the molecule is CC(=O)N[C@@H]1[C@@H](O)C[C@](OCCCSCCNC(=O)c2ccc(C(=O)NCCSCCCO[C@]3(C(=O)O)C[C@H](O)[C@@H](NC(C)=O)[C@H](C(O)[C@H](O)CNC(=O)c4ccc(-c5ccccc5)cc4)O3)c(OCCOCCOCCOCCOCCOCCN=[N+]=[N-])c2)(C(=O)O)O[C@H]1C(O)[C@H](O)CNC(=O)c1ccc(-c2ccccc2)cc1. The van der Waals surface area contributed by atoms with E-state index in [2.05, 4.69) is 41.9 Å². The highest BCUT2D eigenvalue weighted by Gasteiger charge is 2.57. The number of nitrogens with zero attached hydrogens (tertiary/aromatic N) is 3. The van der Waals surface area contributed by atoms with E-state index in [0.29, 0.717) is 62.7 Å². The van der Waals surface area contributed by atoms with Crippen molar-refractivity contribution in [1.29, 1.82) is 0 Å². The maximum Gasteiger partial charge on any atom is 0.364 e.